The Labute approximate surface area is 172 Å². The van der Waals surface area contributed by atoms with E-state index in [9.17, 15) is 13.2 Å². The topological polar surface area (TPSA) is 92.9 Å². The second-order valence-corrected chi connectivity index (χ2v) is 9.76. The molecule has 1 aliphatic carbocycles. The Morgan fingerprint density at radius 2 is 1.89 bits per heavy atom. The minimum Gasteiger partial charge on any atom is -0.495 e. The van der Waals surface area contributed by atoms with Crippen LogP contribution in [0.1, 0.15) is 36.0 Å². The minimum absolute atomic E-state index is 0. The van der Waals surface area contributed by atoms with Crippen LogP contribution in [0.25, 0.3) is 0 Å². The van der Waals surface area contributed by atoms with Gasteiger partial charge in [-0.05, 0) is 55.7 Å². The van der Waals surface area contributed by atoms with Crippen molar-refractivity contribution in [1.29, 1.82) is 0 Å². The summed E-state index contributed by atoms with van der Waals surface area (Å²) in [7, 11) is -2.22. The predicted molar refractivity (Wildman–Crippen MR) is 108 cm³/mol. The van der Waals surface area contributed by atoms with E-state index >= 15 is 0 Å². The van der Waals surface area contributed by atoms with E-state index < -0.39 is 10.0 Å². The molecule has 1 aromatic rings. The lowest BCUT2D eigenvalue weighted by Crippen LogP contribution is -2.33. The first-order valence-corrected chi connectivity index (χ1v) is 11.1. The van der Waals surface area contributed by atoms with Crippen molar-refractivity contribution in [3.8, 4) is 5.75 Å². The number of benzene rings is 1. The first-order valence-electron chi connectivity index (χ1n) is 9.65. The summed E-state index contributed by atoms with van der Waals surface area (Å²) >= 11 is 0. The summed E-state index contributed by atoms with van der Waals surface area (Å²) < 4.78 is 32.8. The van der Waals surface area contributed by atoms with Crippen LogP contribution in [-0.2, 0) is 10.0 Å². The SMILES string of the molecule is COc1ccc(C(=O)N2CC3CCC(N)C3C2)cc1S(=O)(=O)N1CCCC1.Cl. The number of fused-ring (bicyclic) bond motifs is 1. The highest BCUT2D eigenvalue weighted by Gasteiger charge is 2.42. The molecule has 2 saturated heterocycles. The highest BCUT2D eigenvalue weighted by atomic mass is 35.5. The van der Waals surface area contributed by atoms with Crippen LogP contribution >= 0.6 is 12.4 Å². The first kappa shape index (κ1) is 21.4. The van der Waals surface area contributed by atoms with Gasteiger partial charge >= 0.3 is 0 Å². The van der Waals surface area contributed by atoms with Gasteiger partial charge in [0.1, 0.15) is 10.6 Å². The number of ether oxygens (including phenoxy) is 1. The number of hydrogen-bond acceptors (Lipinski definition) is 5. The molecule has 0 bridgehead atoms. The van der Waals surface area contributed by atoms with E-state index in [0.29, 0.717) is 43.6 Å². The molecule has 3 aliphatic rings. The normalized spacial score (nSPS) is 27.5. The van der Waals surface area contributed by atoms with Crippen molar-refractivity contribution < 1.29 is 17.9 Å². The third kappa shape index (κ3) is 3.63. The maximum Gasteiger partial charge on any atom is 0.253 e. The number of carbonyl (C=O) groups is 1. The molecular formula is C19H28ClN3O4S. The molecule has 2 N–H and O–H groups in total. The number of carbonyl (C=O) groups excluding carboxylic acids is 1. The van der Waals surface area contributed by atoms with Crippen LogP contribution in [0.15, 0.2) is 23.1 Å². The van der Waals surface area contributed by atoms with E-state index in [1.165, 1.54) is 17.5 Å². The van der Waals surface area contributed by atoms with Crippen molar-refractivity contribution >= 4 is 28.3 Å². The molecule has 0 aromatic heterocycles. The lowest BCUT2D eigenvalue weighted by atomic mass is 9.98. The standard InChI is InChI=1S/C19H27N3O4S.ClH/c1-26-17-7-5-13(10-18(17)27(24,25)22-8-2-3-9-22)19(23)21-11-14-4-6-16(20)15(14)12-21;/h5,7,10,14-16H,2-4,6,8-9,11-12,20H2,1H3;1H. The largest absolute Gasteiger partial charge is 0.495 e. The highest BCUT2D eigenvalue weighted by molar-refractivity contribution is 7.89. The number of amides is 1. The van der Waals surface area contributed by atoms with Gasteiger partial charge in [-0.15, -0.1) is 12.4 Å². The van der Waals surface area contributed by atoms with Crippen LogP contribution in [-0.4, -0.2) is 62.9 Å². The second-order valence-electron chi connectivity index (χ2n) is 7.85. The Hall–Kier alpha value is -1.35. The van der Waals surface area contributed by atoms with Crippen molar-refractivity contribution in [3.05, 3.63) is 23.8 Å². The predicted octanol–water partition coefficient (Wildman–Crippen LogP) is 1.71. The molecule has 0 spiro atoms. The molecule has 156 valence electrons. The van der Waals surface area contributed by atoms with E-state index in [-0.39, 0.29) is 35.0 Å². The zero-order valence-electron chi connectivity index (χ0n) is 16.0. The number of methoxy groups -OCH3 is 1. The zero-order chi connectivity index (χ0) is 19.2. The Morgan fingerprint density at radius 3 is 2.54 bits per heavy atom. The van der Waals surface area contributed by atoms with Crippen molar-refractivity contribution in [1.82, 2.24) is 9.21 Å². The van der Waals surface area contributed by atoms with Crippen LogP contribution in [0.3, 0.4) is 0 Å². The van der Waals surface area contributed by atoms with Crippen LogP contribution in [0.4, 0.5) is 0 Å². The average molecular weight is 430 g/mol. The monoisotopic (exact) mass is 429 g/mol. The quantitative estimate of drug-likeness (QED) is 0.786. The molecule has 0 radical (unpaired) electrons. The smallest absolute Gasteiger partial charge is 0.253 e. The summed E-state index contributed by atoms with van der Waals surface area (Å²) in [5.41, 5.74) is 6.56. The summed E-state index contributed by atoms with van der Waals surface area (Å²) in [6.07, 6.45) is 3.80. The van der Waals surface area contributed by atoms with Crippen LogP contribution in [0.5, 0.6) is 5.75 Å². The van der Waals surface area contributed by atoms with Gasteiger partial charge in [-0.2, -0.15) is 4.31 Å². The van der Waals surface area contributed by atoms with Gasteiger partial charge in [0.05, 0.1) is 7.11 Å². The number of sulfonamides is 1. The molecule has 7 nitrogen and oxygen atoms in total. The second kappa shape index (κ2) is 8.18. The Bertz CT molecular complexity index is 842. The zero-order valence-corrected chi connectivity index (χ0v) is 17.7. The van der Waals surface area contributed by atoms with Crippen molar-refractivity contribution in [2.75, 3.05) is 33.3 Å². The Morgan fingerprint density at radius 1 is 1.18 bits per heavy atom. The van der Waals surface area contributed by atoms with Crippen molar-refractivity contribution in [2.45, 2.75) is 36.6 Å². The molecule has 1 amide bonds. The molecule has 4 rings (SSSR count). The van der Waals surface area contributed by atoms with E-state index in [1.807, 2.05) is 4.90 Å². The molecular weight excluding hydrogens is 402 g/mol. The van der Waals surface area contributed by atoms with Crippen LogP contribution in [0, 0.1) is 11.8 Å². The molecule has 28 heavy (non-hydrogen) atoms. The van der Waals surface area contributed by atoms with Gasteiger partial charge < -0.3 is 15.4 Å². The minimum atomic E-state index is -3.67. The van der Waals surface area contributed by atoms with E-state index in [1.54, 1.807) is 12.1 Å². The van der Waals surface area contributed by atoms with E-state index in [4.69, 9.17) is 10.5 Å². The molecule has 3 unspecified atom stereocenters. The molecule has 9 heteroatoms. The molecule has 3 atom stereocenters. The molecule has 2 aliphatic heterocycles. The Kier molecular flexibility index (Phi) is 6.24. The van der Waals surface area contributed by atoms with Gasteiger partial charge in [-0.3, -0.25) is 4.79 Å². The molecule has 1 saturated carbocycles. The fourth-order valence-corrected chi connectivity index (χ4v) is 6.43. The van der Waals surface area contributed by atoms with Gasteiger partial charge in [0, 0.05) is 37.8 Å². The molecule has 3 fully saturated rings. The number of nitrogens with zero attached hydrogens (tertiary/aromatic N) is 2. The molecule has 1 aromatic carbocycles. The third-order valence-electron chi connectivity index (χ3n) is 6.29. The Balaban J connectivity index is 0.00000225. The number of nitrogens with two attached hydrogens (primary N) is 1. The summed E-state index contributed by atoms with van der Waals surface area (Å²) in [5.74, 6) is 0.978. The summed E-state index contributed by atoms with van der Waals surface area (Å²) in [6, 6.07) is 4.87. The van der Waals surface area contributed by atoms with Gasteiger partial charge in [-0.1, -0.05) is 0 Å². The fourth-order valence-electron chi connectivity index (χ4n) is 4.73. The number of halogens is 1. The number of likely N-dealkylation sites (tertiary alicyclic amines) is 1. The van der Waals surface area contributed by atoms with Crippen molar-refractivity contribution in [2.24, 2.45) is 17.6 Å². The fraction of sp³-hybridized carbons (Fsp3) is 0.632. The average Bonchev–Trinajstić information content (AvgIpc) is 3.40. The van der Waals surface area contributed by atoms with E-state index in [2.05, 4.69) is 0 Å². The maximum atomic E-state index is 13.0. The summed E-state index contributed by atoms with van der Waals surface area (Å²) in [5, 5.41) is 0. The summed E-state index contributed by atoms with van der Waals surface area (Å²) in [4.78, 5) is 14.9. The number of rotatable bonds is 4. The lowest BCUT2D eigenvalue weighted by Gasteiger charge is -2.21. The van der Waals surface area contributed by atoms with Gasteiger partial charge in [0.2, 0.25) is 10.0 Å². The summed E-state index contributed by atoms with van der Waals surface area (Å²) in [6.45, 7) is 2.39. The van der Waals surface area contributed by atoms with Gasteiger partial charge in [0.25, 0.3) is 5.91 Å². The lowest BCUT2D eigenvalue weighted by molar-refractivity contribution is 0.0779. The molecule has 2 heterocycles. The third-order valence-corrected chi connectivity index (χ3v) is 8.21. The highest BCUT2D eigenvalue weighted by Crippen LogP contribution is 2.38. The van der Waals surface area contributed by atoms with Gasteiger partial charge in [0.15, 0.2) is 0 Å². The first-order chi connectivity index (χ1) is 12.9. The van der Waals surface area contributed by atoms with E-state index in [0.717, 1.165) is 25.7 Å². The maximum absolute atomic E-state index is 13.0. The van der Waals surface area contributed by atoms with Crippen molar-refractivity contribution in [3.63, 3.8) is 0 Å². The number of hydrogen-bond donors (Lipinski definition) is 1. The van der Waals surface area contributed by atoms with Crippen LogP contribution in [0.2, 0.25) is 0 Å². The van der Waals surface area contributed by atoms with Gasteiger partial charge in [-0.25, -0.2) is 8.42 Å². The van der Waals surface area contributed by atoms with Crippen LogP contribution < -0.4 is 10.5 Å².